The van der Waals surface area contributed by atoms with E-state index in [4.69, 9.17) is 9.26 Å². The number of amides is 1. The van der Waals surface area contributed by atoms with Gasteiger partial charge < -0.3 is 19.3 Å². The number of nitrogens with zero attached hydrogens (tertiary/aromatic N) is 2. The number of para-hydroxylation sites is 1. The number of piperidine rings is 1. The summed E-state index contributed by atoms with van der Waals surface area (Å²) in [7, 11) is 0. The lowest BCUT2D eigenvalue weighted by atomic mass is 9.91. The van der Waals surface area contributed by atoms with Gasteiger partial charge in [-0.1, -0.05) is 30.3 Å². The summed E-state index contributed by atoms with van der Waals surface area (Å²) >= 11 is 0. The van der Waals surface area contributed by atoms with Crippen molar-refractivity contribution in [2.75, 3.05) is 13.1 Å². The quantitative estimate of drug-likeness (QED) is 0.931. The number of aromatic nitrogens is 1. The highest BCUT2D eigenvalue weighted by molar-refractivity contribution is 5.91. The van der Waals surface area contributed by atoms with Gasteiger partial charge in [-0.15, -0.1) is 0 Å². The van der Waals surface area contributed by atoms with Crippen LogP contribution in [0.25, 0.3) is 0 Å². The number of aryl methyl sites for hydroxylation is 1. The largest absolute Gasteiger partial charge is 0.487 e. The first-order valence-electron chi connectivity index (χ1n) is 8.18. The van der Waals surface area contributed by atoms with E-state index in [1.54, 1.807) is 17.9 Å². The molecule has 24 heavy (non-hydrogen) atoms. The molecule has 0 saturated carbocycles. The van der Waals surface area contributed by atoms with Crippen molar-refractivity contribution in [3.8, 4) is 5.75 Å². The van der Waals surface area contributed by atoms with Gasteiger partial charge in [0.1, 0.15) is 17.5 Å². The van der Waals surface area contributed by atoms with Gasteiger partial charge in [0.05, 0.1) is 12.2 Å². The molecular formula is C18H22N2O4. The second kappa shape index (κ2) is 6.65. The molecule has 2 atom stereocenters. The predicted molar refractivity (Wildman–Crippen MR) is 87.9 cm³/mol. The van der Waals surface area contributed by atoms with Crippen molar-refractivity contribution in [3.63, 3.8) is 0 Å². The number of hydrogen-bond acceptors (Lipinski definition) is 5. The minimum atomic E-state index is -1.14. The Morgan fingerprint density at radius 2 is 2.21 bits per heavy atom. The maximum absolute atomic E-state index is 12.5. The van der Waals surface area contributed by atoms with Crippen LogP contribution < -0.4 is 4.74 Å². The highest BCUT2D eigenvalue weighted by Gasteiger charge is 2.42. The third kappa shape index (κ3) is 3.43. The summed E-state index contributed by atoms with van der Waals surface area (Å²) in [5, 5.41) is 14.6. The number of rotatable bonds is 4. The van der Waals surface area contributed by atoms with Crippen LogP contribution in [0.4, 0.5) is 0 Å². The summed E-state index contributed by atoms with van der Waals surface area (Å²) < 4.78 is 11.0. The zero-order chi connectivity index (χ0) is 17.2. The molecule has 6 heteroatoms. The average Bonchev–Trinajstić information content (AvgIpc) is 3.06. The van der Waals surface area contributed by atoms with E-state index in [1.807, 2.05) is 37.3 Å². The molecule has 1 amide bonds. The van der Waals surface area contributed by atoms with Crippen LogP contribution in [0.15, 0.2) is 40.9 Å². The molecule has 2 heterocycles. The molecule has 0 spiro atoms. The highest BCUT2D eigenvalue weighted by atomic mass is 16.5. The molecule has 0 unspecified atom stereocenters. The minimum Gasteiger partial charge on any atom is -0.487 e. The van der Waals surface area contributed by atoms with E-state index in [-0.39, 0.29) is 24.3 Å². The first kappa shape index (κ1) is 16.5. The molecule has 1 aromatic heterocycles. The molecule has 6 nitrogen and oxygen atoms in total. The van der Waals surface area contributed by atoms with Crippen molar-refractivity contribution in [1.29, 1.82) is 0 Å². The fourth-order valence-electron chi connectivity index (χ4n) is 2.91. The van der Waals surface area contributed by atoms with E-state index in [0.717, 1.165) is 5.69 Å². The van der Waals surface area contributed by atoms with Gasteiger partial charge in [-0.25, -0.2) is 0 Å². The van der Waals surface area contributed by atoms with Gasteiger partial charge in [0, 0.05) is 19.0 Å². The predicted octanol–water partition coefficient (Wildman–Crippen LogP) is 2.28. The van der Waals surface area contributed by atoms with Gasteiger partial charge in [-0.05, 0) is 25.5 Å². The highest BCUT2D eigenvalue weighted by Crippen LogP contribution is 2.27. The third-order valence-corrected chi connectivity index (χ3v) is 4.31. The standard InChI is InChI=1S/C18H22N2O4/c1-3-13-11-15(24-19-13)17(21)20-10-9-16(18(2,22)12-20)23-14-7-5-4-6-8-14/h4-8,11,16,22H,3,9-10,12H2,1-2H3/t16-,18-/m0/s1. The fraction of sp³-hybridized carbons (Fsp3) is 0.444. The lowest BCUT2D eigenvalue weighted by molar-refractivity contribution is -0.0903. The SMILES string of the molecule is CCc1cc(C(=O)N2CC[C@H](Oc3ccccc3)[C@@](C)(O)C2)on1. The number of likely N-dealkylation sites (tertiary alicyclic amines) is 1. The van der Waals surface area contributed by atoms with Gasteiger partial charge in [-0.2, -0.15) is 0 Å². The lowest BCUT2D eigenvalue weighted by Gasteiger charge is -2.42. The van der Waals surface area contributed by atoms with Crippen molar-refractivity contribution in [3.05, 3.63) is 47.9 Å². The van der Waals surface area contributed by atoms with Crippen LogP contribution in [-0.4, -0.2) is 45.9 Å². The lowest BCUT2D eigenvalue weighted by Crippen LogP contribution is -2.58. The number of aliphatic hydroxyl groups is 1. The number of β-amino-alcohol motifs (C(OH)–C–C–N with tert-alkyl or cyclic N) is 1. The average molecular weight is 330 g/mol. The van der Waals surface area contributed by atoms with E-state index in [0.29, 0.717) is 25.1 Å². The number of carbonyl (C=O) groups is 1. The molecular weight excluding hydrogens is 308 g/mol. The van der Waals surface area contributed by atoms with Crippen LogP contribution in [0.1, 0.15) is 36.5 Å². The first-order valence-corrected chi connectivity index (χ1v) is 8.18. The Kier molecular flexibility index (Phi) is 4.57. The molecule has 0 radical (unpaired) electrons. The van der Waals surface area contributed by atoms with Crippen molar-refractivity contribution >= 4 is 5.91 Å². The van der Waals surface area contributed by atoms with E-state index in [9.17, 15) is 9.90 Å². The Balaban J connectivity index is 1.67. The molecule has 1 aromatic carbocycles. The fourth-order valence-corrected chi connectivity index (χ4v) is 2.91. The number of ether oxygens (including phenoxy) is 1. The zero-order valence-corrected chi connectivity index (χ0v) is 13.9. The molecule has 1 aliphatic rings. The van der Waals surface area contributed by atoms with Crippen molar-refractivity contribution in [2.24, 2.45) is 0 Å². The molecule has 3 rings (SSSR count). The van der Waals surface area contributed by atoms with Gasteiger partial charge in [0.15, 0.2) is 0 Å². The molecule has 1 N–H and O–H groups in total. The Bertz CT molecular complexity index is 696. The van der Waals surface area contributed by atoms with E-state index in [2.05, 4.69) is 5.16 Å². The zero-order valence-electron chi connectivity index (χ0n) is 13.9. The summed E-state index contributed by atoms with van der Waals surface area (Å²) in [6.45, 7) is 4.32. The van der Waals surface area contributed by atoms with Crippen LogP contribution in [0.5, 0.6) is 5.75 Å². The molecule has 1 saturated heterocycles. The maximum Gasteiger partial charge on any atom is 0.292 e. The second-order valence-corrected chi connectivity index (χ2v) is 6.33. The van der Waals surface area contributed by atoms with Crippen LogP contribution in [0.3, 0.4) is 0 Å². The molecule has 2 aromatic rings. The third-order valence-electron chi connectivity index (χ3n) is 4.31. The topological polar surface area (TPSA) is 75.8 Å². The monoisotopic (exact) mass is 330 g/mol. The van der Waals surface area contributed by atoms with Crippen LogP contribution in [0, 0.1) is 0 Å². The molecule has 128 valence electrons. The molecule has 1 aliphatic heterocycles. The summed E-state index contributed by atoms with van der Waals surface area (Å²) in [5.41, 5.74) is -0.399. The van der Waals surface area contributed by atoms with Gasteiger partial charge in [0.2, 0.25) is 5.76 Å². The molecule has 0 aliphatic carbocycles. The number of carbonyl (C=O) groups excluding carboxylic acids is 1. The second-order valence-electron chi connectivity index (χ2n) is 6.33. The van der Waals surface area contributed by atoms with Crippen molar-refractivity contribution in [1.82, 2.24) is 10.1 Å². The minimum absolute atomic E-state index is 0.186. The normalized spacial score (nSPS) is 24.0. The smallest absolute Gasteiger partial charge is 0.292 e. The molecule has 1 fully saturated rings. The Labute approximate surface area is 141 Å². The van der Waals surface area contributed by atoms with Crippen LogP contribution >= 0.6 is 0 Å². The van der Waals surface area contributed by atoms with Crippen LogP contribution in [-0.2, 0) is 6.42 Å². The summed E-state index contributed by atoms with van der Waals surface area (Å²) in [6.07, 6.45) is 0.883. The maximum atomic E-state index is 12.5. The summed E-state index contributed by atoms with van der Waals surface area (Å²) in [5.74, 6) is 0.677. The van der Waals surface area contributed by atoms with E-state index in [1.165, 1.54) is 0 Å². The van der Waals surface area contributed by atoms with E-state index < -0.39 is 5.60 Å². The van der Waals surface area contributed by atoms with E-state index >= 15 is 0 Å². The number of benzene rings is 1. The van der Waals surface area contributed by atoms with Crippen molar-refractivity contribution in [2.45, 2.75) is 38.4 Å². The summed E-state index contributed by atoms with van der Waals surface area (Å²) in [4.78, 5) is 14.1. The van der Waals surface area contributed by atoms with Crippen LogP contribution in [0.2, 0.25) is 0 Å². The number of hydrogen-bond donors (Lipinski definition) is 1. The molecule has 0 bridgehead atoms. The Morgan fingerprint density at radius 3 is 2.83 bits per heavy atom. The first-order chi connectivity index (χ1) is 11.5. The van der Waals surface area contributed by atoms with Gasteiger partial charge in [0.25, 0.3) is 5.91 Å². The van der Waals surface area contributed by atoms with Gasteiger partial charge in [-0.3, -0.25) is 4.79 Å². The Morgan fingerprint density at radius 1 is 1.46 bits per heavy atom. The Hall–Kier alpha value is -2.34. The van der Waals surface area contributed by atoms with Crippen molar-refractivity contribution < 1.29 is 19.2 Å². The summed E-state index contributed by atoms with van der Waals surface area (Å²) in [6, 6.07) is 11.1. The van der Waals surface area contributed by atoms with Gasteiger partial charge >= 0.3 is 0 Å².